The fourth-order valence-corrected chi connectivity index (χ4v) is 2.33. The molecule has 0 bridgehead atoms. The van der Waals surface area contributed by atoms with Crippen LogP contribution in [0.25, 0.3) is 0 Å². The minimum atomic E-state index is 0.174. The monoisotopic (exact) mass is 241 g/mol. The third-order valence-electron chi connectivity index (χ3n) is 3.63. The number of urea groups is 1. The first kappa shape index (κ1) is 14.3. The van der Waals surface area contributed by atoms with Gasteiger partial charge >= 0.3 is 6.03 Å². The van der Waals surface area contributed by atoms with E-state index in [0.717, 1.165) is 32.6 Å². The highest BCUT2D eigenvalue weighted by Crippen LogP contribution is 2.17. The molecule has 100 valence electrons. The molecule has 2 amide bonds. The van der Waals surface area contributed by atoms with E-state index >= 15 is 0 Å². The second-order valence-electron chi connectivity index (χ2n) is 5.07. The Hall–Kier alpha value is -0.770. The van der Waals surface area contributed by atoms with Gasteiger partial charge in [0.25, 0.3) is 0 Å². The summed E-state index contributed by atoms with van der Waals surface area (Å²) in [6.45, 7) is 10.1. The molecule has 0 aliphatic carbocycles. The summed E-state index contributed by atoms with van der Waals surface area (Å²) in [4.78, 5) is 15.8. The number of nitrogens with zero attached hydrogens (tertiary/aromatic N) is 2. The normalized spacial score (nSPS) is 24.8. The summed E-state index contributed by atoms with van der Waals surface area (Å²) in [6, 6.07) is 0.749. The third kappa shape index (κ3) is 3.87. The number of likely N-dealkylation sites (tertiary alicyclic amines) is 1. The van der Waals surface area contributed by atoms with Gasteiger partial charge in [-0.3, -0.25) is 0 Å². The van der Waals surface area contributed by atoms with E-state index in [1.165, 1.54) is 6.42 Å². The molecule has 4 heteroatoms. The van der Waals surface area contributed by atoms with Crippen molar-refractivity contribution in [1.29, 1.82) is 0 Å². The largest absolute Gasteiger partial charge is 0.328 e. The molecule has 1 fully saturated rings. The molecule has 1 heterocycles. The predicted molar refractivity (Wildman–Crippen MR) is 71.1 cm³/mol. The first-order valence-corrected chi connectivity index (χ1v) is 6.83. The van der Waals surface area contributed by atoms with Crippen molar-refractivity contribution < 1.29 is 4.79 Å². The maximum atomic E-state index is 12.0. The molecule has 17 heavy (non-hydrogen) atoms. The van der Waals surface area contributed by atoms with Gasteiger partial charge in [0.2, 0.25) is 0 Å². The topological polar surface area (TPSA) is 35.6 Å². The van der Waals surface area contributed by atoms with Gasteiger partial charge in [-0.25, -0.2) is 4.79 Å². The van der Waals surface area contributed by atoms with Crippen molar-refractivity contribution in [3.8, 4) is 0 Å². The Balaban J connectivity index is 2.43. The van der Waals surface area contributed by atoms with Crippen LogP contribution in [0.4, 0.5) is 4.79 Å². The molecule has 1 N–H and O–H groups in total. The molecule has 0 aromatic rings. The van der Waals surface area contributed by atoms with Crippen LogP contribution in [0.3, 0.4) is 0 Å². The van der Waals surface area contributed by atoms with Crippen LogP contribution >= 0.6 is 0 Å². The van der Waals surface area contributed by atoms with Gasteiger partial charge in [-0.15, -0.1) is 0 Å². The standard InChI is InChI=1S/C13H27N3O/c1-5-8-14-12-7-9-16(10-11(12)3)13(17)15(4)6-2/h11-12,14H,5-10H2,1-4H3. The van der Waals surface area contributed by atoms with E-state index in [1.807, 2.05) is 18.9 Å². The van der Waals surface area contributed by atoms with Gasteiger partial charge in [-0.1, -0.05) is 13.8 Å². The van der Waals surface area contributed by atoms with Crippen LogP contribution in [-0.4, -0.2) is 55.1 Å². The molecule has 0 saturated carbocycles. The average Bonchev–Trinajstić information content (AvgIpc) is 2.35. The Morgan fingerprint density at radius 1 is 1.47 bits per heavy atom. The summed E-state index contributed by atoms with van der Waals surface area (Å²) in [5, 5.41) is 3.57. The average molecular weight is 241 g/mol. The van der Waals surface area contributed by atoms with Crippen molar-refractivity contribution in [1.82, 2.24) is 15.1 Å². The molecule has 2 unspecified atom stereocenters. The molecule has 0 radical (unpaired) electrons. The zero-order chi connectivity index (χ0) is 12.8. The van der Waals surface area contributed by atoms with E-state index in [-0.39, 0.29) is 6.03 Å². The lowest BCUT2D eigenvalue weighted by Crippen LogP contribution is -2.52. The van der Waals surface area contributed by atoms with Crippen molar-refractivity contribution >= 4 is 6.03 Å². The molecule has 0 spiro atoms. The van der Waals surface area contributed by atoms with Crippen LogP contribution in [-0.2, 0) is 0 Å². The first-order valence-electron chi connectivity index (χ1n) is 6.83. The Kier molecular flexibility index (Phi) is 5.75. The predicted octanol–water partition coefficient (Wildman–Crippen LogP) is 1.77. The van der Waals surface area contributed by atoms with E-state index in [2.05, 4.69) is 19.2 Å². The molecule has 4 nitrogen and oxygen atoms in total. The SMILES string of the molecule is CCCNC1CCN(C(=O)N(C)CC)CC1C. The van der Waals surface area contributed by atoms with E-state index in [4.69, 9.17) is 0 Å². The molecule has 0 aromatic carbocycles. The van der Waals surface area contributed by atoms with E-state index in [9.17, 15) is 4.79 Å². The fraction of sp³-hybridized carbons (Fsp3) is 0.923. The minimum absolute atomic E-state index is 0.174. The van der Waals surface area contributed by atoms with E-state index in [1.54, 1.807) is 4.90 Å². The summed E-state index contributed by atoms with van der Waals surface area (Å²) in [5.41, 5.74) is 0. The zero-order valence-corrected chi connectivity index (χ0v) is 11.7. The number of amides is 2. The summed E-state index contributed by atoms with van der Waals surface area (Å²) in [6.07, 6.45) is 2.24. The molecular formula is C13H27N3O. The number of carbonyl (C=O) groups excluding carboxylic acids is 1. The second kappa shape index (κ2) is 6.84. The Morgan fingerprint density at radius 3 is 2.71 bits per heavy atom. The van der Waals surface area contributed by atoms with Crippen molar-refractivity contribution in [3.63, 3.8) is 0 Å². The van der Waals surface area contributed by atoms with Crippen LogP contribution < -0.4 is 5.32 Å². The van der Waals surface area contributed by atoms with Crippen LogP contribution in [0.5, 0.6) is 0 Å². The van der Waals surface area contributed by atoms with Crippen LogP contribution in [0, 0.1) is 5.92 Å². The molecular weight excluding hydrogens is 214 g/mol. The molecule has 1 aliphatic heterocycles. The fourth-order valence-electron chi connectivity index (χ4n) is 2.33. The Morgan fingerprint density at radius 2 is 2.18 bits per heavy atom. The highest BCUT2D eigenvalue weighted by Gasteiger charge is 2.29. The number of carbonyl (C=O) groups is 1. The molecule has 0 aromatic heterocycles. The Labute approximate surface area is 105 Å². The number of rotatable bonds is 4. The lowest BCUT2D eigenvalue weighted by Gasteiger charge is -2.38. The highest BCUT2D eigenvalue weighted by molar-refractivity contribution is 5.74. The summed E-state index contributed by atoms with van der Waals surface area (Å²) < 4.78 is 0. The van der Waals surface area contributed by atoms with Crippen LogP contribution in [0.15, 0.2) is 0 Å². The quantitative estimate of drug-likeness (QED) is 0.814. The van der Waals surface area contributed by atoms with Gasteiger partial charge < -0.3 is 15.1 Å². The molecule has 2 atom stereocenters. The van der Waals surface area contributed by atoms with Gasteiger partial charge in [0.05, 0.1) is 0 Å². The highest BCUT2D eigenvalue weighted by atomic mass is 16.2. The Bertz CT molecular complexity index is 245. The van der Waals surface area contributed by atoms with Crippen LogP contribution in [0.1, 0.15) is 33.6 Å². The van der Waals surface area contributed by atoms with Crippen LogP contribution in [0.2, 0.25) is 0 Å². The van der Waals surface area contributed by atoms with Crippen molar-refractivity contribution in [2.24, 2.45) is 5.92 Å². The summed E-state index contributed by atoms with van der Waals surface area (Å²) >= 11 is 0. The van der Waals surface area contributed by atoms with E-state index < -0.39 is 0 Å². The smallest absolute Gasteiger partial charge is 0.319 e. The van der Waals surface area contributed by atoms with Crippen molar-refractivity contribution in [2.45, 2.75) is 39.7 Å². The number of nitrogens with one attached hydrogen (secondary N) is 1. The minimum Gasteiger partial charge on any atom is -0.328 e. The van der Waals surface area contributed by atoms with Crippen molar-refractivity contribution in [2.75, 3.05) is 33.2 Å². The maximum Gasteiger partial charge on any atom is 0.319 e. The number of hydrogen-bond donors (Lipinski definition) is 1. The summed E-state index contributed by atoms with van der Waals surface area (Å²) in [5.74, 6) is 0.546. The van der Waals surface area contributed by atoms with Gasteiger partial charge in [-0.05, 0) is 32.2 Å². The zero-order valence-electron chi connectivity index (χ0n) is 11.7. The second-order valence-corrected chi connectivity index (χ2v) is 5.07. The van der Waals surface area contributed by atoms with Gasteiger partial charge in [0.1, 0.15) is 0 Å². The van der Waals surface area contributed by atoms with Gasteiger partial charge in [0, 0.05) is 32.7 Å². The molecule has 1 aliphatic rings. The molecule has 1 rings (SSSR count). The lowest BCUT2D eigenvalue weighted by atomic mass is 9.94. The van der Waals surface area contributed by atoms with Gasteiger partial charge in [0.15, 0.2) is 0 Å². The van der Waals surface area contributed by atoms with Crippen molar-refractivity contribution in [3.05, 3.63) is 0 Å². The number of hydrogen-bond acceptors (Lipinski definition) is 2. The third-order valence-corrected chi connectivity index (χ3v) is 3.63. The number of piperidine rings is 1. The molecule has 1 saturated heterocycles. The summed E-state index contributed by atoms with van der Waals surface area (Å²) in [7, 11) is 1.87. The first-order chi connectivity index (χ1) is 8.10. The lowest BCUT2D eigenvalue weighted by molar-refractivity contribution is 0.126. The van der Waals surface area contributed by atoms with Gasteiger partial charge in [-0.2, -0.15) is 0 Å². The van der Waals surface area contributed by atoms with E-state index in [0.29, 0.717) is 12.0 Å². The maximum absolute atomic E-state index is 12.0.